The van der Waals surface area contributed by atoms with Crippen molar-refractivity contribution in [1.82, 2.24) is 9.88 Å². The summed E-state index contributed by atoms with van der Waals surface area (Å²) in [6, 6.07) is 3.90. The minimum absolute atomic E-state index is 0.0203. The molecule has 2 aromatic heterocycles. The zero-order chi connectivity index (χ0) is 15.7. The van der Waals surface area contributed by atoms with E-state index < -0.39 is 0 Å². The Kier molecular flexibility index (Phi) is 4.31. The van der Waals surface area contributed by atoms with Gasteiger partial charge in [0.15, 0.2) is 10.8 Å². The van der Waals surface area contributed by atoms with Gasteiger partial charge in [-0.05, 0) is 37.8 Å². The lowest BCUT2D eigenvalue weighted by Crippen LogP contribution is -2.49. The van der Waals surface area contributed by atoms with Crippen LogP contribution in [0.25, 0.3) is 10.8 Å². The number of carbonyl (C=O) groups excluding carboxylic acids is 1. The van der Waals surface area contributed by atoms with E-state index in [-0.39, 0.29) is 11.9 Å². The molecule has 1 fully saturated rings. The molecule has 2 atom stereocenters. The number of amides is 1. The van der Waals surface area contributed by atoms with E-state index in [9.17, 15) is 4.79 Å². The van der Waals surface area contributed by atoms with Gasteiger partial charge < -0.3 is 15.1 Å². The van der Waals surface area contributed by atoms with Gasteiger partial charge >= 0.3 is 0 Å². The number of thiazole rings is 1. The molecule has 0 aliphatic carbocycles. The molecule has 1 saturated heterocycles. The second-order valence-electron chi connectivity index (χ2n) is 5.97. The fraction of sp³-hybridized carbons (Fsp3) is 0.500. The Morgan fingerprint density at radius 1 is 1.55 bits per heavy atom. The van der Waals surface area contributed by atoms with Crippen LogP contribution < -0.4 is 5.73 Å². The Morgan fingerprint density at radius 3 is 3.05 bits per heavy atom. The molecule has 1 amide bonds. The van der Waals surface area contributed by atoms with Gasteiger partial charge in [0.05, 0.1) is 0 Å². The Labute approximate surface area is 134 Å². The molecule has 118 valence electrons. The van der Waals surface area contributed by atoms with Gasteiger partial charge in [0.1, 0.15) is 11.5 Å². The average molecular weight is 319 g/mol. The highest BCUT2D eigenvalue weighted by Gasteiger charge is 2.30. The van der Waals surface area contributed by atoms with Crippen LogP contribution in [0, 0.1) is 12.8 Å². The molecule has 1 aliphatic heterocycles. The molecule has 0 aromatic carbocycles. The predicted molar refractivity (Wildman–Crippen MR) is 86.8 cm³/mol. The van der Waals surface area contributed by atoms with E-state index in [1.807, 2.05) is 24.0 Å². The van der Waals surface area contributed by atoms with Crippen molar-refractivity contribution in [2.75, 3.05) is 13.1 Å². The molecule has 2 unspecified atom stereocenters. The first-order chi connectivity index (χ1) is 10.6. The number of aryl methyl sites for hydroxylation is 1. The highest BCUT2D eigenvalue weighted by molar-refractivity contribution is 7.13. The lowest BCUT2D eigenvalue weighted by atomic mass is 9.92. The summed E-state index contributed by atoms with van der Waals surface area (Å²) in [4.78, 5) is 19.0. The van der Waals surface area contributed by atoms with E-state index in [0.29, 0.717) is 23.9 Å². The van der Waals surface area contributed by atoms with Crippen molar-refractivity contribution >= 4 is 17.2 Å². The maximum atomic E-state index is 12.7. The fourth-order valence-electron chi connectivity index (χ4n) is 2.92. The van der Waals surface area contributed by atoms with Gasteiger partial charge in [-0.15, -0.1) is 11.3 Å². The summed E-state index contributed by atoms with van der Waals surface area (Å²) in [5.41, 5.74) is 6.33. The highest BCUT2D eigenvalue weighted by Crippen LogP contribution is 2.28. The quantitative estimate of drug-likeness (QED) is 0.944. The van der Waals surface area contributed by atoms with Crippen molar-refractivity contribution in [1.29, 1.82) is 0 Å². The Bertz CT molecular complexity index is 664. The molecule has 1 aliphatic rings. The number of piperidine rings is 1. The third-order valence-corrected chi connectivity index (χ3v) is 5.04. The smallest absolute Gasteiger partial charge is 0.273 e. The molecular weight excluding hydrogens is 298 g/mol. The predicted octanol–water partition coefficient (Wildman–Crippen LogP) is 2.91. The second kappa shape index (κ2) is 6.22. The molecule has 0 bridgehead atoms. The van der Waals surface area contributed by atoms with Crippen molar-refractivity contribution < 1.29 is 9.21 Å². The number of carbonyl (C=O) groups is 1. The van der Waals surface area contributed by atoms with E-state index in [1.165, 1.54) is 11.3 Å². The molecule has 2 N–H and O–H groups in total. The van der Waals surface area contributed by atoms with E-state index >= 15 is 0 Å². The van der Waals surface area contributed by atoms with Crippen LogP contribution >= 0.6 is 11.3 Å². The monoisotopic (exact) mass is 319 g/mol. The first kappa shape index (κ1) is 15.2. The maximum Gasteiger partial charge on any atom is 0.273 e. The van der Waals surface area contributed by atoms with Crippen LogP contribution in [0.3, 0.4) is 0 Å². The minimum atomic E-state index is -0.0203. The molecule has 6 heteroatoms. The number of rotatable bonds is 3. The molecule has 3 heterocycles. The molecule has 3 rings (SSSR count). The summed E-state index contributed by atoms with van der Waals surface area (Å²) >= 11 is 1.43. The SMILES string of the molecule is Cc1ccc(-c2nc(C(=O)N3CCC(C)CC3CN)cs2)o1. The normalized spacial score (nSPS) is 22.0. The number of hydrogen-bond donors (Lipinski definition) is 1. The number of nitrogens with zero attached hydrogens (tertiary/aromatic N) is 2. The lowest BCUT2D eigenvalue weighted by Gasteiger charge is -2.37. The van der Waals surface area contributed by atoms with Crippen LogP contribution in [-0.4, -0.2) is 34.9 Å². The topological polar surface area (TPSA) is 72.4 Å². The molecule has 5 nitrogen and oxygen atoms in total. The standard InChI is InChI=1S/C16H21N3O2S/c1-10-5-6-19(12(7-10)8-17)16(20)13-9-22-15(18-13)14-4-3-11(2)21-14/h3-4,9-10,12H,5-8,17H2,1-2H3. The van der Waals surface area contributed by atoms with Crippen molar-refractivity contribution in [2.24, 2.45) is 11.7 Å². The Hall–Kier alpha value is -1.66. The minimum Gasteiger partial charge on any atom is -0.459 e. The lowest BCUT2D eigenvalue weighted by molar-refractivity contribution is 0.0568. The van der Waals surface area contributed by atoms with Crippen LogP contribution in [0.4, 0.5) is 0 Å². The van der Waals surface area contributed by atoms with E-state index in [1.54, 1.807) is 5.38 Å². The summed E-state index contributed by atoms with van der Waals surface area (Å²) in [7, 11) is 0. The van der Waals surface area contributed by atoms with Gasteiger partial charge in [-0.2, -0.15) is 0 Å². The van der Waals surface area contributed by atoms with E-state index in [4.69, 9.17) is 10.2 Å². The third kappa shape index (κ3) is 2.94. The molecule has 0 radical (unpaired) electrons. The third-order valence-electron chi connectivity index (χ3n) is 4.19. The van der Waals surface area contributed by atoms with Crippen LogP contribution in [0.5, 0.6) is 0 Å². The van der Waals surface area contributed by atoms with Crippen LogP contribution in [-0.2, 0) is 0 Å². The summed E-state index contributed by atoms with van der Waals surface area (Å²) in [6.07, 6.45) is 1.99. The highest BCUT2D eigenvalue weighted by atomic mass is 32.1. The van der Waals surface area contributed by atoms with E-state index in [0.717, 1.165) is 30.2 Å². The maximum absolute atomic E-state index is 12.7. The van der Waals surface area contributed by atoms with Crippen molar-refractivity contribution in [3.63, 3.8) is 0 Å². The largest absolute Gasteiger partial charge is 0.459 e. The first-order valence-corrected chi connectivity index (χ1v) is 8.50. The van der Waals surface area contributed by atoms with Crippen LogP contribution in [0.15, 0.2) is 21.9 Å². The van der Waals surface area contributed by atoms with Gasteiger partial charge in [0, 0.05) is 24.5 Å². The van der Waals surface area contributed by atoms with Crippen molar-refractivity contribution in [3.8, 4) is 10.8 Å². The van der Waals surface area contributed by atoms with Gasteiger partial charge in [-0.1, -0.05) is 6.92 Å². The molecule has 2 aromatic rings. The summed E-state index contributed by atoms with van der Waals surface area (Å²) in [5, 5.41) is 2.55. The summed E-state index contributed by atoms with van der Waals surface area (Å²) in [6.45, 7) is 5.37. The molecular formula is C16H21N3O2S. The molecule has 0 spiro atoms. The number of likely N-dealkylation sites (tertiary alicyclic amines) is 1. The molecule has 0 saturated carbocycles. The molecule has 22 heavy (non-hydrogen) atoms. The first-order valence-electron chi connectivity index (χ1n) is 7.62. The Balaban J connectivity index is 1.79. The van der Waals surface area contributed by atoms with Gasteiger partial charge in [-0.25, -0.2) is 4.98 Å². The number of aromatic nitrogens is 1. The van der Waals surface area contributed by atoms with Crippen LogP contribution in [0.2, 0.25) is 0 Å². The summed E-state index contributed by atoms with van der Waals surface area (Å²) < 4.78 is 5.57. The fourth-order valence-corrected chi connectivity index (χ4v) is 3.68. The van der Waals surface area contributed by atoms with Gasteiger partial charge in [0.25, 0.3) is 5.91 Å². The van der Waals surface area contributed by atoms with Gasteiger partial charge in [0.2, 0.25) is 0 Å². The number of furan rings is 1. The number of hydrogen-bond acceptors (Lipinski definition) is 5. The van der Waals surface area contributed by atoms with Gasteiger partial charge in [-0.3, -0.25) is 4.79 Å². The second-order valence-corrected chi connectivity index (χ2v) is 6.82. The Morgan fingerprint density at radius 2 is 2.36 bits per heavy atom. The van der Waals surface area contributed by atoms with Crippen molar-refractivity contribution in [3.05, 3.63) is 29.0 Å². The van der Waals surface area contributed by atoms with E-state index in [2.05, 4.69) is 11.9 Å². The van der Waals surface area contributed by atoms with Crippen LogP contribution in [0.1, 0.15) is 36.0 Å². The summed E-state index contributed by atoms with van der Waals surface area (Å²) in [5.74, 6) is 2.15. The average Bonchev–Trinajstić information content (AvgIpc) is 3.15. The zero-order valence-corrected chi connectivity index (χ0v) is 13.7. The number of nitrogens with two attached hydrogens (primary N) is 1. The van der Waals surface area contributed by atoms with Crippen molar-refractivity contribution in [2.45, 2.75) is 32.7 Å². The zero-order valence-electron chi connectivity index (χ0n) is 12.9.